The lowest BCUT2D eigenvalue weighted by atomic mass is 10.1. The molecule has 2 aliphatic rings. The van der Waals surface area contributed by atoms with Crippen LogP contribution in [-0.4, -0.2) is 44.8 Å². The summed E-state index contributed by atoms with van der Waals surface area (Å²) in [6.07, 6.45) is 0.804. The SMILES string of the molecule is O=S(=O)(c1ccc2c(c1)OCCO2)N1CCSC(c2ccccc2)CC1. The summed E-state index contributed by atoms with van der Waals surface area (Å²) in [5, 5.41) is 0.330. The van der Waals surface area contributed by atoms with Gasteiger partial charge in [0, 0.05) is 30.2 Å². The molecule has 1 saturated heterocycles. The number of hydrogen-bond acceptors (Lipinski definition) is 5. The van der Waals surface area contributed by atoms with Crippen molar-refractivity contribution in [3.05, 3.63) is 54.1 Å². The Balaban J connectivity index is 1.53. The second kappa shape index (κ2) is 7.50. The summed E-state index contributed by atoms with van der Waals surface area (Å²) in [6.45, 7) is 1.97. The first kappa shape index (κ1) is 17.7. The third kappa shape index (κ3) is 3.56. The molecule has 138 valence electrons. The molecule has 1 unspecified atom stereocenters. The molecule has 2 aromatic carbocycles. The monoisotopic (exact) mass is 391 g/mol. The van der Waals surface area contributed by atoms with E-state index in [2.05, 4.69) is 12.1 Å². The molecule has 0 aromatic heterocycles. The number of fused-ring (bicyclic) bond motifs is 1. The van der Waals surface area contributed by atoms with Gasteiger partial charge in [0.05, 0.1) is 4.90 Å². The van der Waals surface area contributed by atoms with Crippen LogP contribution in [0.1, 0.15) is 17.2 Å². The number of hydrogen-bond donors (Lipinski definition) is 0. The Morgan fingerprint density at radius 1 is 0.962 bits per heavy atom. The van der Waals surface area contributed by atoms with E-state index in [1.54, 1.807) is 22.5 Å². The van der Waals surface area contributed by atoms with Gasteiger partial charge in [-0.1, -0.05) is 30.3 Å². The Morgan fingerprint density at radius 3 is 2.54 bits per heavy atom. The highest BCUT2D eigenvalue weighted by Crippen LogP contribution is 2.37. The van der Waals surface area contributed by atoms with Crippen molar-refractivity contribution in [3.63, 3.8) is 0 Å². The Kier molecular flexibility index (Phi) is 5.11. The average Bonchev–Trinajstić information content (AvgIpc) is 2.95. The van der Waals surface area contributed by atoms with Gasteiger partial charge in [0.25, 0.3) is 0 Å². The van der Waals surface area contributed by atoms with Crippen molar-refractivity contribution in [1.82, 2.24) is 4.31 Å². The lowest BCUT2D eigenvalue weighted by Gasteiger charge is -2.22. The molecule has 0 bridgehead atoms. The fourth-order valence-electron chi connectivity index (χ4n) is 3.26. The molecule has 0 N–H and O–H groups in total. The Hall–Kier alpha value is -1.70. The molecule has 2 aliphatic heterocycles. The van der Waals surface area contributed by atoms with Crippen LogP contribution in [-0.2, 0) is 10.0 Å². The predicted octanol–water partition coefficient (Wildman–Crippen LogP) is 3.33. The number of thioether (sulfide) groups is 1. The smallest absolute Gasteiger partial charge is 0.243 e. The van der Waals surface area contributed by atoms with Crippen LogP contribution in [0.5, 0.6) is 11.5 Å². The number of rotatable bonds is 3. The van der Waals surface area contributed by atoms with E-state index < -0.39 is 10.0 Å². The van der Waals surface area contributed by atoms with Crippen LogP contribution in [0.25, 0.3) is 0 Å². The molecule has 2 heterocycles. The molecule has 26 heavy (non-hydrogen) atoms. The molecule has 0 aliphatic carbocycles. The van der Waals surface area contributed by atoms with Gasteiger partial charge in [-0.3, -0.25) is 0 Å². The molecule has 4 rings (SSSR count). The van der Waals surface area contributed by atoms with Crippen LogP contribution in [0.2, 0.25) is 0 Å². The molecule has 7 heteroatoms. The van der Waals surface area contributed by atoms with Gasteiger partial charge in [0.2, 0.25) is 10.0 Å². The molecular weight excluding hydrogens is 370 g/mol. The van der Waals surface area contributed by atoms with E-state index in [4.69, 9.17) is 9.47 Å². The van der Waals surface area contributed by atoms with Gasteiger partial charge < -0.3 is 9.47 Å². The summed E-state index contributed by atoms with van der Waals surface area (Å²) >= 11 is 1.82. The maximum atomic E-state index is 13.1. The topological polar surface area (TPSA) is 55.8 Å². The van der Waals surface area contributed by atoms with Crippen molar-refractivity contribution in [3.8, 4) is 11.5 Å². The first-order valence-corrected chi connectivity index (χ1v) is 11.2. The third-order valence-corrected chi connectivity index (χ3v) is 7.85. The Bertz CT molecular complexity index is 870. The zero-order chi connectivity index (χ0) is 18.0. The molecule has 0 radical (unpaired) electrons. The summed E-state index contributed by atoms with van der Waals surface area (Å²) in [5.74, 6) is 1.89. The summed E-state index contributed by atoms with van der Waals surface area (Å²) in [7, 11) is -3.54. The van der Waals surface area contributed by atoms with Crippen molar-refractivity contribution in [2.24, 2.45) is 0 Å². The highest BCUT2D eigenvalue weighted by Gasteiger charge is 2.29. The third-order valence-electron chi connectivity index (χ3n) is 4.62. The van der Waals surface area contributed by atoms with E-state index in [9.17, 15) is 8.42 Å². The van der Waals surface area contributed by atoms with E-state index in [-0.39, 0.29) is 4.90 Å². The molecular formula is C19H21NO4S2. The Morgan fingerprint density at radius 2 is 1.73 bits per heavy atom. The first-order chi connectivity index (χ1) is 12.6. The minimum atomic E-state index is -3.54. The maximum Gasteiger partial charge on any atom is 0.243 e. The normalized spacial score (nSPS) is 21.2. The fourth-order valence-corrected chi connectivity index (χ4v) is 6.08. The van der Waals surface area contributed by atoms with E-state index in [1.807, 2.05) is 30.0 Å². The molecule has 2 aromatic rings. The van der Waals surface area contributed by atoms with Crippen LogP contribution in [0.4, 0.5) is 0 Å². The van der Waals surface area contributed by atoms with Gasteiger partial charge in [-0.2, -0.15) is 16.1 Å². The summed E-state index contributed by atoms with van der Waals surface area (Å²) in [4.78, 5) is 0.268. The lowest BCUT2D eigenvalue weighted by Crippen LogP contribution is -2.33. The summed E-state index contributed by atoms with van der Waals surface area (Å²) in [6, 6.07) is 15.2. The van der Waals surface area contributed by atoms with Crippen LogP contribution < -0.4 is 9.47 Å². The molecule has 0 spiro atoms. The van der Waals surface area contributed by atoms with Crippen molar-refractivity contribution in [2.45, 2.75) is 16.6 Å². The summed E-state index contributed by atoms with van der Waals surface area (Å²) < 4.78 is 38.8. The number of ether oxygens (including phenoxy) is 2. The van der Waals surface area contributed by atoms with Gasteiger partial charge in [0.15, 0.2) is 11.5 Å². The van der Waals surface area contributed by atoms with Crippen molar-refractivity contribution >= 4 is 21.8 Å². The zero-order valence-electron chi connectivity index (χ0n) is 14.3. The van der Waals surface area contributed by atoms with E-state index in [1.165, 1.54) is 5.56 Å². The number of nitrogens with zero attached hydrogens (tertiary/aromatic N) is 1. The van der Waals surface area contributed by atoms with E-state index >= 15 is 0 Å². The maximum absolute atomic E-state index is 13.1. The second-order valence-electron chi connectivity index (χ2n) is 6.27. The van der Waals surface area contributed by atoms with E-state index in [0.29, 0.717) is 43.1 Å². The van der Waals surface area contributed by atoms with Gasteiger partial charge >= 0.3 is 0 Å². The summed E-state index contributed by atoms with van der Waals surface area (Å²) in [5.41, 5.74) is 1.26. The van der Waals surface area contributed by atoms with Crippen LogP contribution >= 0.6 is 11.8 Å². The molecule has 0 amide bonds. The largest absolute Gasteiger partial charge is 0.486 e. The van der Waals surface area contributed by atoms with Crippen molar-refractivity contribution in [2.75, 3.05) is 32.1 Å². The van der Waals surface area contributed by atoms with Crippen LogP contribution in [0.15, 0.2) is 53.4 Å². The minimum Gasteiger partial charge on any atom is -0.486 e. The predicted molar refractivity (Wildman–Crippen MR) is 102 cm³/mol. The van der Waals surface area contributed by atoms with Gasteiger partial charge in [-0.25, -0.2) is 8.42 Å². The van der Waals surface area contributed by atoms with Gasteiger partial charge in [-0.15, -0.1) is 0 Å². The first-order valence-electron chi connectivity index (χ1n) is 8.71. The number of benzene rings is 2. The molecule has 5 nitrogen and oxygen atoms in total. The van der Waals surface area contributed by atoms with Gasteiger partial charge in [0.1, 0.15) is 13.2 Å². The molecule has 0 saturated carbocycles. The fraction of sp³-hybridized carbons (Fsp3) is 0.368. The van der Waals surface area contributed by atoms with Crippen LogP contribution in [0, 0.1) is 0 Å². The molecule has 1 atom stereocenters. The second-order valence-corrected chi connectivity index (χ2v) is 9.52. The quantitative estimate of drug-likeness (QED) is 0.803. The standard InChI is InChI=1S/C19H21NO4S2/c21-26(22,16-6-7-17-18(14-16)24-12-11-23-17)20-9-8-19(25-13-10-20)15-4-2-1-3-5-15/h1-7,14,19H,8-13H2. The number of sulfonamides is 1. The highest BCUT2D eigenvalue weighted by atomic mass is 32.2. The highest BCUT2D eigenvalue weighted by molar-refractivity contribution is 7.99. The minimum absolute atomic E-state index is 0.268. The van der Waals surface area contributed by atoms with Crippen molar-refractivity contribution < 1.29 is 17.9 Å². The van der Waals surface area contributed by atoms with E-state index in [0.717, 1.165) is 12.2 Å². The lowest BCUT2D eigenvalue weighted by molar-refractivity contribution is 0.171. The Labute approximate surface area is 158 Å². The average molecular weight is 392 g/mol. The van der Waals surface area contributed by atoms with Crippen molar-refractivity contribution in [1.29, 1.82) is 0 Å². The van der Waals surface area contributed by atoms with Gasteiger partial charge in [-0.05, 0) is 24.1 Å². The zero-order valence-corrected chi connectivity index (χ0v) is 16.0. The van der Waals surface area contributed by atoms with Crippen LogP contribution in [0.3, 0.4) is 0 Å². The molecule has 1 fully saturated rings.